The third-order valence-electron chi connectivity index (χ3n) is 5.71. The number of rotatable bonds is 13. The first-order valence-corrected chi connectivity index (χ1v) is 11.6. The maximum Gasteiger partial charge on any atom is 0.302 e. The molecule has 0 bridgehead atoms. The second-order valence-electron chi connectivity index (χ2n) is 8.79. The van der Waals surface area contributed by atoms with Crippen LogP contribution in [0, 0.1) is 11.8 Å². The van der Waals surface area contributed by atoms with E-state index < -0.39 is 6.10 Å². The molecule has 0 heterocycles. The Bertz CT molecular complexity index is 576. The molecular weight excluding hydrogens is 380 g/mol. The van der Waals surface area contributed by atoms with Gasteiger partial charge in [-0.2, -0.15) is 0 Å². The van der Waals surface area contributed by atoms with Crippen molar-refractivity contribution < 1.29 is 24.2 Å². The largest absolute Gasteiger partial charge is 0.462 e. The van der Waals surface area contributed by atoms with E-state index in [1.807, 2.05) is 26.0 Å². The van der Waals surface area contributed by atoms with Gasteiger partial charge in [0.15, 0.2) is 0 Å². The third kappa shape index (κ3) is 10.4. The van der Waals surface area contributed by atoms with Crippen molar-refractivity contribution in [3.05, 3.63) is 23.8 Å². The number of unbranched alkanes of at least 4 members (excludes halogenated alkanes) is 4. The molecule has 1 rings (SSSR count). The van der Waals surface area contributed by atoms with Gasteiger partial charge >= 0.3 is 11.9 Å². The average Bonchev–Trinajstić information content (AvgIpc) is 2.94. The maximum atomic E-state index is 11.6. The Morgan fingerprint density at radius 1 is 1.00 bits per heavy atom. The molecule has 172 valence electrons. The SMILES string of the molecule is CCCCCCC[C@@H]1[C@@H](C=C[C@@H](O)CCC=C(C)C)[C@H](OC(C)=O)C[C@@H]1OC(C)=O. The van der Waals surface area contributed by atoms with Crippen LogP contribution in [0.25, 0.3) is 0 Å². The van der Waals surface area contributed by atoms with Crippen molar-refractivity contribution >= 4 is 11.9 Å². The summed E-state index contributed by atoms with van der Waals surface area (Å²) < 4.78 is 11.2. The van der Waals surface area contributed by atoms with E-state index in [2.05, 4.69) is 13.0 Å². The normalized spacial score (nSPS) is 24.6. The van der Waals surface area contributed by atoms with Crippen molar-refractivity contribution in [2.45, 2.75) is 111 Å². The molecule has 0 aromatic heterocycles. The van der Waals surface area contributed by atoms with Gasteiger partial charge in [0.05, 0.1) is 6.10 Å². The van der Waals surface area contributed by atoms with Crippen molar-refractivity contribution in [2.24, 2.45) is 11.8 Å². The fourth-order valence-electron chi connectivity index (χ4n) is 4.30. The Hall–Kier alpha value is -1.62. The summed E-state index contributed by atoms with van der Waals surface area (Å²) in [7, 11) is 0. The standard InChI is InChI=1S/C25H42O5/c1-6-7-8-9-10-14-22-23(16-15-21(28)13-11-12-18(2)3)25(30-20(5)27)17-24(22)29-19(4)26/h12,15-16,21-25,28H,6-11,13-14,17H2,1-5H3/t21-,22+,23+,24-,25+/m0/s1. The number of carbonyl (C=O) groups is 2. The van der Waals surface area contributed by atoms with Crippen LogP contribution in [0.5, 0.6) is 0 Å². The van der Waals surface area contributed by atoms with Crippen LogP contribution in [0.3, 0.4) is 0 Å². The monoisotopic (exact) mass is 422 g/mol. The Morgan fingerprint density at radius 3 is 2.23 bits per heavy atom. The van der Waals surface area contributed by atoms with E-state index in [-0.39, 0.29) is 36.0 Å². The van der Waals surface area contributed by atoms with Crippen LogP contribution in [0.15, 0.2) is 23.8 Å². The third-order valence-corrected chi connectivity index (χ3v) is 5.71. The summed E-state index contributed by atoms with van der Waals surface area (Å²) in [6.07, 6.45) is 13.6. The van der Waals surface area contributed by atoms with Crippen molar-refractivity contribution in [2.75, 3.05) is 0 Å². The molecular formula is C25H42O5. The van der Waals surface area contributed by atoms with E-state index in [4.69, 9.17) is 9.47 Å². The molecule has 0 unspecified atom stereocenters. The van der Waals surface area contributed by atoms with Crippen molar-refractivity contribution in [1.82, 2.24) is 0 Å². The molecule has 1 aliphatic carbocycles. The van der Waals surface area contributed by atoms with E-state index in [1.165, 1.54) is 38.7 Å². The molecule has 0 aromatic carbocycles. The predicted octanol–water partition coefficient (Wildman–Crippen LogP) is 5.51. The Balaban J connectivity index is 2.88. The molecule has 30 heavy (non-hydrogen) atoms. The first-order valence-electron chi connectivity index (χ1n) is 11.6. The lowest BCUT2D eigenvalue weighted by atomic mass is 9.87. The summed E-state index contributed by atoms with van der Waals surface area (Å²) in [4.78, 5) is 23.3. The minimum absolute atomic E-state index is 0.0532. The van der Waals surface area contributed by atoms with Crippen LogP contribution in [0.1, 0.15) is 92.4 Å². The molecule has 0 aliphatic heterocycles. The highest BCUT2D eigenvalue weighted by atomic mass is 16.6. The van der Waals surface area contributed by atoms with Crippen molar-refractivity contribution in [3.8, 4) is 0 Å². The van der Waals surface area contributed by atoms with Gasteiger partial charge < -0.3 is 14.6 Å². The topological polar surface area (TPSA) is 72.8 Å². The lowest BCUT2D eigenvalue weighted by Crippen LogP contribution is -2.25. The molecule has 5 heteroatoms. The second-order valence-corrected chi connectivity index (χ2v) is 8.79. The highest BCUT2D eigenvalue weighted by molar-refractivity contribution is 5.67. The minimum atomic E-state index is -0.545. The summed E-state index contributed by atoms with van der Waals surface area (Å²) in [6.45, 7) is 9.12. The molecule has 0 spiro atoms. The molecule has 1 saturated carbocycles. The Labute approximate surface area is 182 Å². The van der Waals surface area contributed by atoms with Gasteiger partial charge in [-0.1, -0.05) is 62.8 Å². The van der Waals surface area contributed by atoms with Gasteiger partial charge in [-0.3, -0.25) is 9.59 Å². The molecule has 0 amide bonds. The predicted molar refractivity (Wildman–Crippen MR) is 120 cm³/mol. The summed E-state index contributed by atoms with van der Waals surface area (Å²) in [5.74, 6) is -0.583. The van der Waals surface area contributed by atoms with E-state index in [9.17, 15) is 14.7 Å². The van der Waals surface area contributed by atoms with Gasteiger partial charge in [-0.05, 0) is 33.1 Å². The van der Waals surface area contributed by atoms with Gasteiger partial charge in [0.2, 0.25) is 0 Å². The highest BCUT2D eigenvalue weighted by Gasteiger charge is 2.45. The summed E-state index contributed by atoms with van der Waals surface area (Å²) in [6, 6.07) is 0. The van der Waals surface area contributed by atoms with E-state index in [1.54, 1.807) is 0 Å². The lowest BCUT2D eigenvalue weighted by Gasteiger charge is -2.24. The van der Waals surface area contributed by atoms with Crippen LogP contribution < -0.4 is 0 Å². The summed E-state index contributed by atoms with van der Waals surface area (Å²) >= 11 is 0. The fraction of sp³-hybridized carbons (Fsp3) is 0.760. The zero-order valence-electron chi connectivity index (χ0n) is 19.6. The zero-order chi connectivity index (χ0) is 22.5. The van der Waals surface area contributed by atoms with Crippen molar-refractivity contribution in [3.63, 3.8) is 0 Å². The Morgan fingerprint density at radius 2 is 1.63 bits per heavy atom. The number of hydrogen-bond acceptors (Lipinski definition) is 5. The number of aliphatic hydroxyl groups excluding tert-OH is 1. The van der Waals surface area contributed by atoms with Crippen LogP contribution in [-0.4, -0.2) is 35.4 Å². The number of ether oxygens (including phenoxy) is 2. The van der Waals surface area contributed by atoms with E-state index >= 15 is 0 Å². The summed E-state index contributed by atoms with van der Waals surface area (Å²) in [5, 5.41) is 10.4. The number of esters is 2. The molecule has 0 aromatic rings. The molecule has 1 fully saturated rings. The second kappa shape index (κ2) is 14.4. The van der Waals surface area contributed by atoms with Crippen molar-refractivity contribution in [1.29, 1.82) is 0 Å². The molecule has 1 aliphatic rings. The zero-order valence-corrected chi connectivity index (χ0v) is 19.6. The van der Waals surface area contributed by atoms with E-state index in [0.717, 1.165) is 25.7 Å². The number of hydrogen-bond donors (Lipinski definition) is 1. The quantitative estimate of drug-likeness (QED) is 0.241. The fourth-order valence-corrected chi connectivity index (χ4v) is 4.30. The molecule has 5 atom stereocenters. The summed E-state index contributed by atoms with van der Waals surface area (Å²) in [5.41, 5.74) is 1.24. The average molecular weight is 423 g/mol. The van der Waals surface area contributed by atoms with Crippen LogP contribution in [0.2, 0.25) is 0 Å². The first kappa shape index (κ1) is 26.4. The molecule has 0 radical (unpaired) electrons. The van der Waals surface area contributed by atoms with Gasteiger partial charge in [0, 0.05) is 32.1 Å². The van der Waals surface area contributed by atoms with Gasteiger partial charge in [-0.25, -0.2) is 0 Å². The number of carbonyl (C=O) groups excluding carboxylic acids is 2. The van der Waals surface area contributed by atoms with Crippen LogP contribution >= 0.6 is 0 Å². The highest BCUT2D eigenvalue weighted by Crippen LogP contribution is 2.41. The minimum Gasteiger partial charge on any atom is -0.462 e. The van der Waals surface area contributed by atoms with Gasteiger partial charge in [0.25, 0.3) is 0 Å². The number of allylic oxidation sites excluding steroid dienone is 2. The van der Waals surface area contributed by atoms with Crippen LogP contribution in [-0.2, 0) is 19.1 Å². The molecule has 5 nitrogen and oxygen atoms in total. The molecule has 1 N–H and O–H groups in total. The van der Waals surface area contributed by atoms with Gasteiger partial charge in [0.1, 0.15) is 12.2 Å². The number of aliphatic hydroxyl groups is 1. The Kier molecular flexibility index (Phi) is 12.7. The first-order chi connectivity index (χ1) is 14.2. The van der Waals surface area contributed by atoms with Crippen LogP contribution in [0.4, 0.5) is 0 Å². The van der Waals surface area contributed by atoms with Gasteiger partial charge in [-0.15, -0.1) is 0 Å². The molecule has 0 saturated heterocycles. The lowest BCUT2D eigenvalue weighted by molar-refractivity contribution is -0.149. The van der Waals surface area contributed by atoms with E-state index in [0.29, 0.717) is 12.8 Å². The maximum absolute atomic E-state index is 11.6. The smallest absolute Gasteiger partial charge is 0.302 e.